The third kappa shape index (κ3) is 3.70. The van der Waals surface area contributed by atoms with E-state index < -0.39 is 13.3 Å². The Labute approximate surface area is 82.7 Å². The number of hydrogen-bond acceptors (Lipinski definition) is 4. The Morgan fingerprint density at radius 3 is 2.50 bits per heavy atom. The van der Waals surface area contributed by atoms with E-state index in [2.05, 4.69) is 5.23 Å². The first-order valence-corrected chi connectivity index (χ1v) is 4.34. The van der Waals surface area contributed by atoms with Gasteiger partial charge in [-0.2, -0.15) is 0 Å². The molecule has 0 radical (unpaired) electrons. The fourth-order valence-corrected chi connectivity index (χ4v) is 1.21. The Morgan fingerprint density at radius 2 is 2.00 bits per heavy atom. The van der Waals surface area contributed by atoms with Gasteiger partial charge >= 0.3 is 7.25 Å². The number of nitrogens with one attached hydrogen (secondary N) is 1. The van der Waals surface area contributed by atoms with Crippen LogP contribution in [0.25, 0.3) is 0 Å². The molecule has 0 unspecified atom stereocenters. The molecule has 0 aliphatic carbocycles. The van der Waals surface area contributed by atoms with Crippen LogP contribution in [-0.4, -0.2) is 29.6 Å². The summed E-state index contributed by atoms with van der Waals surface area (Å²) in [5.41, 5.74) is 0.970. The van der Waals surface area contributed by atoms with Crippen molar-refractivity contribution in [3.63, 3.8) is 0 Å². The van der Waals surface area contributed by atoms with E-state index in [0.717, 1.165) is 5.56 Å². The molecule has 0 spiro atoms. The lowest BCUT2D eigenvalue weighted by atomic mass is 10.0. The van der Waals surface area contributed by atoms with Gasteiger partial charge in [-0.3, -0.25) is 5.23 Å². The minimum Gasteiger partial charge on any atom is -0.413 e. The number of rotatable bonds is 5. The van der Waals surface area contributed by atoms with Crippen LogP contribution < -0.4 is 5.23 Å². The maximum atomic E-state index is 10.6. The second kappa shape index (κ2) is 5.54. The molecule has 1 aromatic rings. The lowest BCUT2D eigenvalue weighted by Crippen LogP contribution is -2.44. The Kier molecular flexibility index (Phi) is 4.32. The lowest BCUT2D eigenvalue weighted by molar-refractivity contribution is -0.109. The zero-order valence-electron chi connectivity index (χ0n) is 7.63. The van der Waals surface area contributed by atoms with Crippen molar-refractivity contribution in [2.45, 2.75) is 12.5 Å². The molecule has 0 heterocycles. The normalized spacial score (nSPS) is 12.1. The number of carbonyl (C=O) groups is 1. The van der Waals surface area contributed by atoms with E-state index in [1.54, 1.807) is 0 Å². The predicted octanol–water partition coefficient (Wildman–Crippen LogP) is -0.644. The van der Waals surface area contributed by atoms with E-state index in [4.69, 9.17) is 10.0 Å². The van der Waals surface area contributed by atoms with Crippen LogP contribution in [0.4, 0.5) is 0 Å². The first kappa shape index (κ1) is 10.9. The maximum absolute atomic E-state index is 10.6. The van der Waals surface area contributed by atoms with Gasteiger partial charge in [-0.15, -0.1) is 0 Å². The molecule has 5 heteroatoms. The van der Waals surface area contributed by atoms with Gasteiger partial charge in [0.1, 0.15) is 6.29 Å². The summed E-state index contributed by atoms with van der Waals surface area (Å²) in [7, 11) is -1.66. The van der Waals surface area contributed by atoms with Crippen molar-refractivity contribution in [3.8, 4) is 0 Å². The maximum Gasteiger partial charge on any atom is 0.549 e. The fraction of sp³-hybridized carbons (Fsp3) is 0.222. The van der Waals surface area contributed by atoms with E-state index in [-0.39, 0.29) is 0 Å². The smallest absolute Gasteiger partial charge is 0.413 e. The minimum absolute atomic E-state index is 0.446. The van der Waals surface area contributed by atoms with Gasteiger partial charge in [0.15, 0.2) is 0 Å². The van der Waals surface area contributed by atoms with E-state index in [1.807, 2.05) is 30.3 Å². The summed E-state index contributed by atoms with van der Waals surface area (Å²) in [5, 5.41) is 19.6. The first-order chi connectivity index (χ1) is 6.72. The van der Waals surface area contributed by atoms with Crippen molar-refractivity contribution >= 4 is 13.5 Å². The molecule has 1 atom stereocenters. The molecule has 4 nitrogen and oxygen atoms in total. The molecule has 0 amide bonds. The largest absolute Gasteiger partial charge is 0.549 e. The predicted molar refractivity (Wildman–Crippen MR) is 53.3 cm³/mol. The third-order valence-electron chi connectivity index (χ3n) is 1.83. The molecular weight excluding hydrogens is 181 g/mol. The molecule has 0 aliphatic rings. The summed E-state index contributed by atoms with van der Waals surface area (Å²) in [4.78, 5) is 10.6. The zero-order chi connectivity index (χ0) is 10.4. The number of benzene rings is 1. The Bertz CT molecular complexity index is 279. The molecule has 3 N–H and O–H groups in total. The van der Waals surface area contributed by atoms with Crippen LogP contribution in [0.15, 0.2) is 30.3 Å². The van der Waals surface area contributed by atoms with Crippen molar-refractivity contribution in [1.82, 2.24) is 5.23 Å². The van der Waals surface area contributed by atoms with Crippen molar-refractivity contribution in [3.05, 3.63) is 35.9 Å². The monoisotopic (exact) mass is 193 g/mol. The highest BCUT2D eigenvalue weighted by Crippen LogP contribution is 2.01. The minimum atomic E-state index is -1.66. The van der Waals surface area contributed by atoms with Gasteiger partial charge in [0, 0.05) is 0 Å². The third-order valence-corrected chi connectivity index (χ3v) is 1.83. The van der Waals surface area contributed by atoms with Crippen LogP contribution in [0, 0.1) is 0 Å². The molecule has 0 aliphatic heterocycles. The highest BCUT2D eigenvalue weighted by Gasteiger charge is 2.15. The average molecular weight is 193 g/mol. The van der Waals surface area contributed by atoms with Gasteiger partial charge in [0.2, 0.25) is 0 Å². The Morgan fingerprint density at radius 1 is 1.36 bits per heavy atom. The van der Waals surface area contributed by atoms with Gasteiger partial charge in [0.05, 0.1) is 6.04 Å². The second-order valence-corrected chi connectivity index (χ2v) is 2.97. The van der Waals surface area contributed by atoms with Gasteiger partial charge in [-0.1, -0.05) is 30.3 Å². The number of hydrogen-bond donors (Lipinski definition) is 3. The highest BCUT2D eigenvalue weighted by molar-refractivity contribution is 6.38. The Hall–Kier alpha value is -1.17. The van der Waals surface area contributed by atoms with Crippen LogP contribution in [0.2, 0.25) is 0 Å². The molecule has 0 saturated carbocycles. The first-order valence-electron chi connectivity index (χ1n) is 4.34. The molecule has 0 aromatic heterocycles. The van der Waals surface area contributed by atoms with Gasteiger partial charge in [-0.25, -0.2) is 0 Å². The summed E-state index contributed by atoms with van der Waals surface area (Å²) in [6.07, 6.45) is 1.11. The summed E-state index contributed by atoms with van der Waals surface area (Å²) < 4.78 is 0. The zero-order valence-corrected chi connectivity index (χ0v) is 7.63. The molecule has 74 valence electrons. The van der Waals surface area contributed by atoms with E-state index in [1.165, 1.54) is 0 Å². The highest BCUT2D eigenvalue weighted by atomic mass is 16.4. The fourth-order valence-electron chi connectivity index (χ4n) is 1.21. The van der Waals surface area contributed by atoms with Crippen LogP contribution in [-0.2, 0) is 11.2 Å². The molecule has 14 heavy (non-hydrogen) atoms. The van der Waals surface area contributed by atoms with E-state index in [9.17, 15) is 4.79 Å². The Balaban J connectivity index is 2.53. The molecule has 1 rings (SSSR count). The van der Waals surface area contributed by atoms with Crippen LogP contribution in [0.1, 0.15) is 5.56 Å². The van der Waals surface area contributed by atoms with Crippen molar-refractivity contribution < 1.29 is 14.8 Å². The summed E-state index contributed by atoms with van der Waals surface area (Å²) in [5.74, 6) is 0. The van der Waals surface area contributed by atoms with Gasteiger partial charge < -0.3 is 14.8 Å². The molecule has 0 fully saturated rings. The quantitative estimate of drug-likeness (QED) is 0.429. The van der Waals surface area contributed by atoms with Gasteiger partial charge in [-0.05, 0) is 12.0 Å². The molecular formula is C9H12BNO3. The van der Waals surface area contributed by atoms with Crippen LogP contribution in [0.5, 0.6) is 0 Å². The molecule has 1 aromatic carbocycles. The number of carbonyl (C=O) groups excluding carboxylic acids is 1. The van der Waals surface area contributed by atoms with Crippen molar-refractivity contribution in [2.24, 2.45) is 0 Å². The molecule has 0 bridgehead atoms. The summed E-state index contributed by atoms with van der Waals surface area (Å²) >= 11 is 0. The average Bonchev–Trinajstić information content (AvgIpc) is 2.17. The summed E-state index contributed by atoms with van der Waals surface area (Å²) in [6, 6.07) is 8.80. The number of aldehydes is 1. The lowest BCUT2D eigenvalue weighted by Gasteiger charge is -2.11. The molecule has 0 saturated heterocycles. The SMILES string of the molecule is O=C[C@H](Cc1ccccc1)NB(O)O. The van der Waals surface area contributed by atoms with Crippen molar-refractivity contribution in [2.75, 3.05) is 0 Å². The van der Waals surface area contributed by atoms with Crippen LogP contribution >= 0.6 is 0 Å². The van der Waals surface area contributed by atoms with Crippen LogP contribution in [0.3, 0.4) is 0 Å². The van der Waals surface area contributed by atoms with E-state index in [0.29, 0.717) is 12.7 Å². The van der Waals surface area contributed by atoms with Crippen molar-refractivity contribution in [1.29, 1.82) is 0 Å². The summed E-state index contributed by atoms with van der Waals surface area (Å²) in [6.45, 7) is 0. The second-order valence-electron chi connectivity index (χ2n) is 2.97. The van der Waals surface area contributed by atoms with Gasteiger partial charge in [0.25, 0.3) is 0 Å². The standard InChI is InChI=1S/C9H12BNO3/c12-7-9(11-10(13)14)6-8-4-2-1-3-5-8/h1-5,7,9,11,13-14H,6H2/t9-/m0/s1. The van der Waals surface area contributed by atoms with E-state index >= 15 is 0 Å². The topological polar surface area (TPSA) is 69.6 Å².